The maximum Gasteiger partial charge on any atom is 0.229 e. The van der Waals surface area contributed by atoms with Crippen molar-refractivity contribution in [2.75, 3.05) is 30.9 Å². The molecule has 0 bridgehead atoms. The summed E-state index contributed by atoms with van der Waals surface area (Å²) < 4.78 is 5.00. The summed E-state index contributed by atoms with van der Waals surface area (Å²) in [5, 5.41) is 6.70. The first-order valence-corrected chi connectivity index (χ1v) is 7.56. The number of nitrogens with one attached hydrogen (secondary N) is 2. The summed E-state index contributed by atoms with van der Waals surface area (Å²) in [4.78, 5) is 12.6. The third kappa shape index (κ3) is 5.09. The summed E-state index contributed by atoms with van der Waals surface area (Å²) in [6.07, 6.45) is 7.07. The number of anilines is 2. The Balaban J connectivity index is 1.89. The Bertz CT molecular complexity index is 412. The molecule has 0 amide bonds. The third-order valence-corrected chi connectivity index (χ3v) is 3.52. The van der Waals surface area contributed by atoms with Crippen molar-refractivity contribution in [1.82, 2.24) is 15.0 Å². The maximum absolute atomic E-state index is 5.94. The predicted molar refractivity (Wildman–Crippen MR) is 80.3 cm³/mol. The Hall–Kier alpha value is -1.14. The van der Waals surface area contributed by atoms with Crippen molar-refractivity contribution in [3.63, 3.8) is 0 Å². The molecule has 20 heavy (non-hydrogen) atoms. The van der Waals surface area contributed by atoms with Gasteiger partial charge in [-0.15, -0.1) is 0 Å². The molecule has 0 saturated heterocycles. The van der Waals surface area contributed by atoms with Gasteiger partial charge in [0.25, 0.3) is 0 Å². The Morgan fingerprint density at radius 3 is 2.65 bits per heavy atom. The standard InChI is InChI=1S/C13H22ClN5O/c1-20-9-5-8-15-12-17-11(14)18-13(19-12)16-10-6-3-2-4-7-10/h10H,2-9H2,1H3,(H2,15,16,17,18,19). The van der Waals surface area contributed by atoms with E-state index >= 15 is 0 Å². The van der Waals surface area contributed by atoms with Gasteiger partial charge in [0, 0.05) is 26.3 Å². The molecule has 1 aliphatic carbocycles. The topological polar surface area (TPSA) is 72.0 Å². The summed E-state index contributed by atoms with van der Waals surface area (Å²) in [7, 11) is 1.69. The lowest BCUT2D eigenvalue weighted by atomic mass is 9.96. The molecule has 0 atom stereocenters. The molecule has 7 heteroatoms. The molecule has 2 N–H and O–H groups in total. The van der Waals surface area contributed by atoms with Crippen molar-refractivity contribution in [2.45, 2.75) is 44.6 Å². The fourth-order valence-electron chi connectivity index (χ4n) is 2.34. The molecule has 1 saturated carbocycles. The Morgan fingerprint density at radius 1 is 1.15 bits per heavy atom. The van der Waals surface area contributed by atoms with Gasteiger partial charge in [-0.25, -0.2) is 0 Å². The number of aromatic nitrogens is 3. The van der Waals surface area contributed by atoms with Crippen LogP contribution in [0, 0.1) is 0 Å². The van der Waals surface area contributed by atoms with Crippen molar-refractivity contribution >= 4 is 23.5 Å². The molecule has 6 nitrogen and oxygen atoms in total. The lowest BCUT2D eigenvalue weighted by Crippen LogP contribution is -2.24. The van der Waals surface area contributed by atoms with E-state index in [9.17, 15) is 0 Å². The average molecular weight is 300 g/mol. The second-order valence-corrected chi connectivity index (χ2v) is 5.34. The van der Waals surface area contributed by atoms with Crippen LogP contribution in [0.25, 0.3) is 0 Å². The Kier molecular flexibility index (Phi) is 6.26. The van der Waals surface area contributed by atoms with Crippen molar-refractivity contribution in [3.8, 4) is 0 Å². The highest BCUT2D eigenvalue weighted by atomic mass is 35.5. The Labute approximate surface area is 124 Å². The van der Waals surface area contributed by atoms with Gasteiger partial charge in [-0.05, 0) is 30.9 Å². The minimum absolute atomic E-state index is 0.215. The lowest BCUT2D eigenvalue weighted by Gasteiger charge is -2.22. The van der Waals surface area contributed by atoms with E-state index in [1.165, 1.54) is 32.1 Å². The summed E-state index contributed by atoms with van der Waals surface area (Å²) >= 11 is 5.94. The zero-order valence-corrected chi connectivity index (χ0v) is 12.6. The molecule has 2 rings (SSSR count). The van der Waals surface area contributed by atoms with E-state index in [-0.39, 0.29) is 5.28 Å². The predicted octanol–water partition coefficient (Wildman–Crippen LogP) is 2.72. The third-order valence-electron chi connectivity index (χ3n) is 3.35. The second-order valence-electron chi connectivity index (χ2n) is 5.00. The smallest absolute Gasteiger partial charge is 0.229 e. The molecular weight excluding hydrogens is 278 g/mol. The van der Waals surface area contributed by atoms with E-state index < -0.39 is 0 Å². The fourth-order valence-corrected chi connectivity index (χ4v) is 2.50. The van der Waals surface area contributed by atoms with Crippen molar-refractivity contribution in [1.29, 1.82) is 0 Å². The molecule has 0 radical (unpaired) electrons. The lowest BCUT2D eigenvalue weighted by molar-refractivity contribution is 0.197. The second kappa shape index (κ2) is 8.21. The molecule has 1 aromatic rings. The molecule has 1 fully saturated rings. The van der Waals surface area contributed by atoms with Gasteiger partial charge in [-0.2, -0.15) is 15.0 Å². The number of halogens is 1. The first-order chi connectivity index (χ1) is 9.78. The number of rotatable bonds is 7. The van der Waals surface area contributed by atoms with Crippen LogP contribution in [-0.4, -0.2) is 41.3 Å². The molecule has 1 heterocycles. The Morgan fingerprint density at radius 2 is 1.90 bits per heavy atom. The zero-order valence-electron chi connectivity index (χ0n) is 11.9. The molecule has 1 aliphatic rings. The van der Waals surface area contributed by atoms with E-state index in [4.69, 9.17) is 16.3 Å². The molecule has 1 aromatic heterocycles. The number of methoxy groups -OCH3 is 1. The summed E-state index contributed by atoms with van der Waals surface area (Å²) in [5.74, 6) is 1.07. The van der Waals surface area contributed by atoms with E-state index in [0.29, 0.717) is 24.5 Å². The monoisotopic (exact) mass is 299 g/mol. The zero-order chi connectivity index (χ0) is 14.2. The van der Waals surface area contributed by atoms with Crippen LogP contribution in [0.15, 0.2) is 0 Å². The van der Waals surface area contributed by atoms with Crippen LogP contribution >= 0.6 is 11.6 Å². The summed E-state index contributed by atoms with van der Waals surface area (Å²) in [5.41, 5.74) is 0. The highest BCUT2D eigenvalue weighted by Crippen LogP contribution is 2.21. The van der Waals surface area contributed by atoms with E-state index in [0.717, 1.165) is 13.0 Å². The van der Waals surface area contributed by atoms with E-state index in [1.807, 2.05) is 0 Å². The highest BCUT2D eigenvalue weighted by molar-refractivity contribution is 6.28. The van der Waals surface area contributed by atoms with Crippen LogP contribution in [0.1, 0.15) is 38.5 Å². The van der Waals surface area contributed by atoms with Gasteiger partial charge < -0.3 is 15.4 Å². The largest absolute Gasteiger partial charge is 0.385 e. The molecule has 0 unspecified atom stereocenters. The molecule has 0 aromatic carbocycles. The summed E-state index contributed by atoms with van der Waals surface area (Å²) in [6.45, 7) is 1.45. The van der Waals surface area contributed by atoms with Crippen LogP contribution in [-0.2, 0) is 4.74 Å². The highest BCUT2D eigenvalue weighted by Gasteiger charge is 2.15. The van der Waals surface area contributed by atoms with Gasteiger partial charge >= 0.3 is 0 Å². The van der Waals surface area contributed by atoms with Gasteiger partial charge in [0.05, 0.1) is 0 Å². The molecular formula is C13H22ClN5O. The minimum atomic E-state index is 0.215. The first kappa shape index (κ1) is 15.3. The number of hydrogen-bond acceptors (Lipinski definition) is 6. The van der Waals surface area contributed by atoms with Crippen molar-refractivity contribution in [2.24, 2.45) is 0 Å². The fraction of sp³-hybridized carbons (Fsp3) is 0.769. The van der Waals surface area contributed by atoms with Crippen LogP contribution in [0.4, 0.5) is 11.9 Å². The quantitative estimate of drug-likeness (QED) is 0.754. The average Bonchev–Trinajstić information content (AvgIpc) is 2.44. The molecule has 0 spiro atoms. The van der Waals surface area contributed by atoms with E-state index in [2.05, 4.69) is 25.6 Å². The van der Waals surface area contributed by atoms with Crippen LogP contribution in [0.3, 0.4) is 0 Å². The van der Waals surface area contributed by atoms with Crippen molar-refractivity contribution in [3.05, 3.63) is 5.28 Å². The van der Waals surface area contributed by atoms with Gasteiger partial charge in [0.1, 0.15) is 0 Å². The SMILES string of the molecule is COCCCNc1nc(Cl)nc(NC2CCCCC2)n1. The van der Waals surface area contributed by atoms with Gasteiger partial charge in [-0.3, -0.25) is 0 Å². The normalized spacial score (nSPS) is 16.1. The first-order valence-electron chi connectivity index (χ1n) is 7.19. The van der Waals surface area contributed by atoms with Crippen molar-refractivity contribution < 1.29 is 4.74 Å². The molecule has 0 aliphatic heterocycles. The van der Waals surface area contributed by atoms with Gasteiger partial charge in [0.2, 0.25) is 17.2 Å². The van der Waals surface area contributed by atoms with Crippen LogP contribution in [0.5, 0.6) is 0 Å². The van der Waals surface area contributed by atoms with Crippen LogP contribution in [0.2, 0.25) is 5.28 Å². The minimum Gasteiger partial charge on any atom is -0.385 e. The van der Waals surface area contributed by atoms with E-state index in [1.54, 1.807) is 7.11 Å². The number of ether oxygens (including phenoxy) is 1. The summed E-state index contributed by atoms with van der Waals surface area (Å²) in [6, 6.07) is 0.448. The number of nitrogens with zero attached hydrogens (tertiary/aromatic N) is 3. The van der Waals surface area contributed by atoms with Crippen LogP contribution < -0.4 is 10.6 Å². The van der Waals surface area contributed by atoms with Gasteiger partial charge in [0.15, 0.2) is 0 Å². The number of hydrogen-bond donors (Lipinski definition) is 2. The van der Waals surface area contributed by atoms with Gasteiger partial charge in [-0.1, -0.05) is 19.3 Å². The maximum atomic E-state index is 5.94. The molecule has 112 valence electrons.